The SMILES string of the molecule is CC(=O)OCC=Cc1ccccc1.O=C(/C=C/c1ccccc1)OCc1ccccc1. The van der Waals surface area contributed by atoms with Crippen LogP contribution in [-0.2, 0) is 25.7 Å². The second kappa shape index (κ2) is 14.1. The fraction of sp³-hybridized carbons (Fsp3) is 0.111. The molecular formula is C27H26O4. The molecule has 3 aromatic carbocycles. The van der Waals surface area contributed by atoms with E-state index in [-0.39, 0.29) is 11.9 Å². The Labute approximate surface area is 183 Å². The minimum atomic E-state index is -0.331. The molecule has 0 saturated carbocycles. The van der Waals surface area contributed by atoms with E-state index in [1.807, 2.05) is 103 Å². The molecule has 4 heteroatoms. The zero-order chi connectivity index (χ0) is 22.2. The van der Waals surface area contributed by atoms with Gasteiger partial charge in [0, 0.05) is 13.0 Å². The number of carbonyl (C=O) groups is 2. The normalized spacial score (nSPS) is 10.4. The van der Waals surface area contributed by atoms with E-state index < -0.39 is 0 Å². The molecule has 0 aromatic heterocycles. The molecule has 31 heavy (non-hydrogen) atoms. The third kappa shape index (κ3) is 11.0. The van der Waals surface area contributed by atoms with Crippen molar-refractivity contribution in [3.63, 3.8) is 0 Å². The summed E-state index contributed by atoms with van der Waals surface area (Å²) in [4.78, 5) is 21.9. The molecule has 0 aliphatic rings. The van der Waals surface area contributed by atoms with Crippen molar-refractivity contribution < 1.29 is 19.1 Å². The Bertz CT molecular complexity index is 962. The average molecular weight is 415 g/mol. The lowest BCUT2D eigenvalue weighted by molar-refractivity contribution is -0.140. The van der Waals surface area contributed by atoms with Gasteiger partial charge in [-0.05, 0) is 28.8 Å². The van der Waals surface area contributed by atoms with Gasteiger partial charge in [0.15, 0.2) is 0 Å². The molecule has 0 atom stereocenters. The van der Waals surface area contributed by atoms with E-state index in [0.717, 1.165) is 16.7 Å². The lowest BCUT2D eigenvalue weighted by atomic mass is 10.2. The number of esters is 2. The van der Waals surface area contributed by atoms with Crippen LogP contribution in [0.15, 0.2) is 103 Å². The van der Waals surface area contributed by atoms with E-state index in [1.54, 1.807) is 6.08 Å². The Morgan fingerprint density at radius 1 is 0.710 bits per heavy atom. The fourth-order valence-corrected chi connectivity index (χ4v) is 2.42. The Balaban J connectivity index is 0.000000233. The van der Waals surface area contributed by atoms with Gasteiger partial charge in [-0.2, -0.15) is 0 Å². The molecule has 0 aliphatic carbocycles. The fourth-order valence-electron chi connectivity index (χ4n) is 2.42. The summed E-state index contributed by atoms with van der Waals surface area (Å²) >= 11 is 0. The van der Waals surface area contributed by atoms with E-state index in [1.165, 1.54) is 13.0 Å². The van der Waals surface area contributed by atoms with Crippen molar-refractivity contribution in [2.75, 3.05) is 6.61 Å². The van der Waals surface area contributed by atoms with Crippen molar-refractivity contribution in [2.24, 2.45) is 0 Å². The van der Waals surface area contributed by atoms with Crippen LogP contribution in [0.5, 0.6) is 0 Å². The van der Waals surface area contributed by atoms with E-state index in [9.17, 15) is 9.59 Å². The monoisotopic (exact) mass is 414 g/mol. The third-order valence-corrected chi connectivity index (χ3v) is 3.93. The smallest absolute Gasteiger partial charge is 0.331 e. The molecule has 0 bridgehead atoms. The van der Waals surface area contributed by atoms with Gasteiger partial charge in [-0.3, -0.25) is 4.79 Å². The molecule has 0 amide bonds. The largest absolute Gasteiger partial charge is 0.462 e. The van der Waals surface area contributed by atoms with E-state index >= 15 is 0 Å². The van der Waals surface area contributed by atoms with Crippen LogP contribution in [0.2, 0.25) is 0 Å². The molecule has 0 heterocycles. The van der Waals surface area contributed by atoms with Gasteiger partial charge in [-0.25, -0.2) is 4.79 Å². The van der Waals surface area contributed by atoms with Crippen LogP contribution >= 0.6 is 0 Å². The van der Waals surface area contributed by atoms with E-state index in [4.69, 9.17) is 9.47 Å². The maximum Gasteiger partial charge on any atom is 0.331 e. The molecule has 0 fully saturated rings. The molecule has 3 rings (SSSR count). The summed E-state index contributed by atoms with van der Waals surface area (Å²) in [7, 11) is 0. The summed E-state index contributed by atoms with van der Waals surface area (Å²) in [5.74, 6) is -0.583. The molecule has 0 N–H and O–H groups in total. The Morgan fingerprint density at radius 2 is 1.23 bits per heavy atom. The van der Waals surface area contributed by atoms with Gasteiger partial charge in [0.2, 0.25) is 0 Å². The number of hydrogen-bond donors (Lipinski definition) is 0. The van der Waals surface area contributed by atoms with Crippen LogP contribution < -0.4 is 0 Å². The third-order valence-electron chi connectivity index (χ3n) is 3.93. The van der Waals surface area contributed by atoms with Crippen molar-refractivity contribution in [1.82, 2.24) is 0 Å². The number of rotatable bonds is 7. The standard InChI is InChI=1S/C16H14O2.C11H12O2/c17-16(12-11-14-7-3-1-4-8-14)18-13-15-9-5-2-6-10-15;1-10(12)13-9-5-8-11-6-3-2-4-7-11/h1-12H,13H2;2-8H,9H2,1H3/b12-11+;. The predicted molar refractivity (Wildman–Crippen MR) is 124 cm³/mol. The number of ether oxygens (including phenoxy) is 2. The van der Waals surface area contributed by atoms with Crippen molar-refractivity contribution in [1.29, 1.82) is 0 Å². The quantitative estimate of drug-likeness (QED) is 0.367. The topological polar surface area (TPSA) is 52.6 Å². The molecule has 3 aromatic rings. The van der Waals surface area contributed by atoms with Crippen LogP contribution in [0.3, 0.4) is 0 Å². The number of benzene rings is 3. The zero-order valence-corrected chi connectivity index (χ0v) is 17.5. The zero-order valence-electron chi connectivity index (χ0n) is 17.5. The number of carbonyl (C=O) groups excluding carboxylic acids is 2. The van der Waals surface area contributed by atoms with Crippen LogP contribution in [0.4, 0.5) is 0 Å². The summed E-state index contributed by atoms with van der Waals surface area (Å²) in [5, 5.41) is 0. The first-order valence-electron chi connectivity index (χ1n) is 9.92. The highest BCUT2D eigenvalue weighted by molar-refractivity contribution is 5.87. The van der Waals surface area contributed by atoms with Gasteiger partial charge in [0.25, 0.3) is 0 Å². The molecule has 0 saturated heterocycles. The maximum absolute atomic E-state index is 11.5. The molecule has 0 spiro atoms. The second-order valence-electron chi connectivity index (χ2n) is 6.45. The first-order valence-corrected chi connectivity index (χ1v) is 9.92. The van der Waals surface area contributed by atoms with Crippen LogP contribution in [0, 0.1) is 0 Å². The van der Waals surface area contributed by atoms with Crippen molar-refractivity contribution in [3.8, 4) is 0 Å². The van der Waals surface area contributed by atoms with Gasteiger partial charge < -0.3 is 9.47 Å². The Morgan fingerprint density at radius 3 is 1.77 bits per heavy atom. The predicted octanol–water partition coefficient (Wildman–Crippen LogP) is 5.71. The highest BCUT2D eigenvalue weighted by Gasteiger charge is 1.97. The molecule has 0 radical (unpaired) electrons. The van der Waals surface area contributed by atoms with Gasteiger partial charge in [0.1, 0.15) is 13.2 Å². The number of hydrogen-bond acceptors (Lipinski definition) is 4. The highest BCUT2D eigenvalue weighted by atomic mass is 16.5. The molecule has 158 valence electrons. The Hall–Kier alpha value is -3.92. The van der Waals surface area contributed by atoms with E-state index in [0.29, 0.717) is 13.2 Å². The van der Waals surface area contributed by atoms with Gasteiger partial charge in [0.05, 0.1) is 0 Å². The van der Waals surface area contributed by atoms with Crippen LogP contribution in [0.25, 0.3) is 12.2 Å². The lowest BCUT2D eigenvalue weighted by Crippen LogP contribution is -2.00. The average Bonchev–Trinajstić information content (AvgIpc) is 2.81. The molecule has 4 nitrogen and oxygen atoms in total. The second-order valence-corrected chi connectivity index (χ2v) is 6.45. The molecule has 0 aliphatic heterocycles. The van der Waals surface area contributed by atoms with Crippen LogP contribution in [-0.4, -0.2) is 18.5 Å². The highest BCUT2D eigenvalue weighted by Crippen LogP contribution is 2.04. The summed E-state index contributed by atoms with van der Waals surface area (Å²) < 4.78 is 9.86. The summed E-state index contributed by atoms with van der Waals surface area (Å²) in [6.45, 7) is 2.04. The first-order chi connectivity index (χ1) is 15.1. The van der Waals surface area contributed by atoms with E-state index in [2.05, 4.69) is 0 Å². The minimum Gasteiger partial charge on any atom is -0.462 e. The summed E-state index contributed by atoms with van der Waals surface area (Å²) in [6.07, 6.45) is 6.92. The molecular weight excluding hydrogens is 388 g/mol. The van der Waals surface area contributed by atoms with Gasteiger partial charge in [-0.1, -0.05) is 97.1 Å². The first kappa shape index (κ1) is 23.4. The molecule has 0 unspecified atom stereocenters. The van der Waals surface area contributed by atoms with Crippen molar-refractivity contribution in [3.05, 3.63) is 120 Å². The lowest BCUT2D eigenvalue weighted by Gasteiger charge is -2.01. The van der Waals surface area contributed by atoms with Crippen LogP contribution in [0.1, 0.15) is 23.6 Å². The van der Waals surface area contributed by atoms with Gasteiger partial charge in [-0.15, -0.1) is 0 Å². The Kier molecular flexibility index (Phi) is 10.6. The van der Waals surface area contributed by atoms with Gasteiger partial charge >= 0.3 is 11.9 Å². The summed E-state index contributed by atoms with van der Waals surface area (Å²) in [5.41, 5.74) is 3.07. The summed E-state index contributed by atoms with van der Waals surface area (Å²) in [6, 6.07) is 29.1. The maximum atomic E-state index is 11.5. The van der Waals surface area contributed by atoms with Crippen molar-refractivity contribution in [2.45, 2.75) is 13.5 Å². The van der Waals surface area contributed by atoms with Crippen molar-refractivity contribution >= 4 is 24.1 Å². The minimum absolute atomic E-state index is 0.252.